The molecular formula is C18H23N3O3S2. The Hall–Kier alpha value is -1.77. The summed E-state index contributed by atoms with van der Waals surface area (Å²) in [5.41, 5.74) is 4.41. The van der Waals surface area contributed by atoms with Gasteiger partial charge < -0.3 is 5.32 Å². The minimum Gasteiger partial charge on any atom is -0.326 e. The molecule has 1 amide bonds. The summed E-state index contributed by atoms with van der Waals surface area (Å²) in [6.07, 6.45) is 2.01. The van der Waals surface area contributed by atoms with Gasteiger partial charge in [0, 0.05) is 29.7 Å². The first kappa shape index (κ1) is 19.0. The van der Waals surface area contributed by atoms with Crippen LogP contribution in [0.2, 0.25) is 0 Å². The number of sulfonamides is 1. The molecule has 1 saturated heterocycles. The monoisotopic (exact) mass is 393 g/mol. The molecule has 1 aromatic carbocycles. The first-order valence-corrected chi connectivity index (χ1v) is 11.3. The van der Waals surface area contributed by atoms with E-state index in [-0.39, 0.29) is 24.1 Å². The normalized spacial score (nSPS) is 18.6. The molecule has 140 valence electrons. The Morgan fingerprint density at radius 1 is 1.35 bits per heavy atom. The molecule has 0 spiro atoms. The second-order valence-corrected chi connectivity index (χ2v) is 9.26. The van der Waals surface area contributed by atoms with Gasteiger partial charge in [0.05, 0.1) is 22.9 Å². The van der Waals surface area contributed by atoms with Gasteiger partial charge in [-0.2, -0.15) is 0 Å². The SMILES string of the molecule is CCCS(=O)(=O)N1CCCC(C(=O)Nc2ccc(-c3cscn3)cc2)C1. The zero-order valence-corrected chi connectivity index (χ0v) is 16.4. The molecule has 1 aliphatic rings. The Kier molecular flexibility index (Phi) is 6.05. The lowest BCUT2D eigenvalue weighted by Crippen LogP contribution is -2.44. The summed E-state index contributed by atoms with van der Waals surface area (Å²) in [7, 11) is -3.26. The van der Waals surface area contributed by atoms with Crippen LogP contribution in [-0.4, -0.2) is 42.5 Å². The van der Waals surface area contributed by atoms with Crippen molar-refractivity contribution in [2.24, 2.45) is 5.92 Å². The van der Waals surface area contributed by atoms with Crippen LogP contribution in [0.25, 0.3) is 11.3 Å². The van der Waals surface area contributed by atoms with E-state index in [1.54, 1.807) is 5.51 Å². The van der Waals surface area contributed by atoms with Gasteiger partial charge in [-0.05, 0) is 31.4 Å². The number of carbonyl (C=O) groups is 1. The van der Waals surface area contributed by atoms with Gasteiger partial charge in [0.1, 0.15) is 0 Å². The molecule has 3 rings (SSSR count). The number of thiazole rings is 1. The summed E-state index contributed by atoms with van der Waals surface area (Å²) in [5.74, 6) is -0.296. The maximum atomic E-state index is 12.6. The van der Waals surface area contributed by atoms with Gasteiger partial charge in [-0.25, -0.2) is 17.7 Å². The van der Waals surface area contributed by atoms with Crippen LogP contribution in [0.5, 0.6) is 0 Å². The summed E-state index contributed by atoms with van der Waals surface area (Å²) < 4.78 is 26.0. The van der Waals surface area contributed by atoms with Gasteiger partial charge in [-0.3, -0.25) is 4.79 Å². The van der Waals surface area contributed by atoms with Crippen molar-refractivity contribution < 1.29 is 13.2 Å². The van der Waals surface area contributed by atoms with E-state index in [4.69, 9.17) is 0 Å². The molecule has 0 aliphatic carbocycles. The Morgan fingerprint density at radius 3 is 2.77 bits per heavy atom. The van der Waals surface area contributed by atoms with Gasteiger partial charge in [0.25, 0.3) is 0 Å². The molecule has 6 nitrogen and oxygen atoms in total. The minimum absolute atomic E-state index is 0.122. The molecule has 1 aromatic heterocycles. The third-order valence-electron chi connectivity index (χ3n) is 4.49. The fourth-order valence-corrected chi connectivity index (χ4v) is 5.27. The molecule has 1 aliphatic heterocycles. The molecule has 0 saturated carbocycles. The van der Waals surface area contributed by atoms with Crippen LogP contribution in [0.15, 0.2) is 35.2 Å². The van der Waals surface area contributed by atoms with Crippen LogP contribution in [0.1, 0.15) is 26.2 Å². The Bertz CT molecular complexity index is 833. The van der Waals surface area contributed by atoms with E-state index in [1.165, 1.54) is 15.6 Å². The van der Waals surface area contributed by atoms with Crippen LogP contribution in [0.3, 0.4) is 0 Å². The van der Waals surface area contributed by atoms with E-state index in [9.17, 15) is 13.2 Å². The maximum Gasteiger partial charge on any atom is 0.228 e. The Morgan fingerprint density at radius 2 is 2.12 bits per heavy atom. The number of benzene rings is 1. The van der Waals surface area contributed by atoms with E-state index in [2.05, 4.69) is 10.3 Å². The molecule has 1 N–H and O–H groups in total. The second kappa shape index (κ2) is 8.28. The van der Waals surface area contributed by atoms with Crippen LogP contribution in [-0.2, 0) is 14.8 Å². The number of anilines is 1. The fraction of sp³-hybridized carbons (Fsp3) is 0.444. The third-order valence-corrected chi connectivity index (χ3v) is 7.12. The molecule has 2 heterocycles. The van der Waals surface area contributed by atoms with Gasteiger partial charge in [0.2, 0.25) is 15.9 Å². The Balaban J connectivity index is 1.62. The van der Waals surface area contributed by atoms with Gasteiger partial charge in [-0.15, -0.1) is 11.3 Å². The van der Waals surface area contributed by atoms with E-state index >= 15 is 0 Å². The van der Waals surface area contributed by atoms with Gasteiger partial charge in [0.15, 0.2) is 0 Å². The predicted octanol–water partition coefficient (Wildman–Crippen LogP) is 3.20. The molecule has 0 radical (unpaired) electrons. The van der Waals surface area contributed by atoms with E-state index in [1.807, 2.05) is 36.6 Å². The molecule has 8 heteroatoms. The molecule has 0 bridgehead atoms. The average Bonchev–Trinajstić information content (AvgIpc) is 3.17. The summed E-state index contributed by atoms with van der Waals surface area (Å²) in [6, 6.07) is 7.54. The van der Waals surface area contributed by atoms with Crippen LogP contribution >= 0.6 is 11.3 Å². The van der Waals surface area contributed by atoms with Crippen LogP contribution in [0, 0.1) is 5.92 Å². The summed E-state index contributed by atoms with van der Waals surface area (Å²) in [4.78, 5) is 16.8. The average molecular weight is 394 g/mol. The van der Waals surface area contributed by atoms with Gasteiger partial charge in [-0.1, -0.05) is 19.1 Å². The number of hydrogen-bond acceptors (Lipinski definition) is 5. The third kappa shape index (κ3) is 4.49. The van der Waals surface area contributed by atoms with Crippen molar-refractivity contribution in [1.82, 2.24) is 9.29 Å². The quantitative estimate of drug-likeness (QED) is 0.817. The smallest absolute Gasteiger partial charge is 0.228 e. The molecule has 1 unspecified atom stereocenters. The number of rotatable bonds is 6. The molecule has 1 fully saturated rings. The molecule has 2 aromatic rings. The van der Waals surface area contributed by atoms with Crippen molar-refractivity contribution >= 4 is 33.0 Å². The van der Waals surface area contributed by atoms with Crippen molar-refractivity contribution in [3.63, 3.8) is 0 Å². The first-order chi connectivity index (χ1) is 12.5. The number of nitrogens with zero attached hydrogens (tertiary/aromatic N) is 2. The molecular weight excluding hydrogens is 370 g/mol. The topological polar surface area (TPSA) is 79.4 Å². The lowest BCUT2D eigenvalue weighted by atomic mass is 9.98. The van der Waals surface area contributed by atoms with Crippen LogP contribution in [0.4, 0.5) is 5.69 Å². The van der Waals surface area contributed by atoms with Crippen molar-refractivity contribution in [3.8, 4) is 11.3 Å². The van der Waals surface area contributed by atoms with Crippen molar-refractivity contribution in [3.05, 3.63) is 35.2 Å². The standard InChI is InChI=1S/C18H23N3O3S2/c1-2-10-26(23,24)21-9-3-4-15(11-21)18(22)20-16-7-5-14(6-8-16)17-12-25-13-19-17/h5-8,12-13,15H,2-4,9-11H2,1H3,(H,20,22). The zero-order valence-electron chi connectivity index (χ0n) is 14.7. The van der Waals surface area contributed by atoms with Crippen molar-refractivity contribution in [2.75, 3.05) is 24.2 Å². The summed E-state index contributed by atoms with van der Waals surface area (Å²) >= 11 is 1.54. The number of hydrogen-bond donors (Lipinski definition) is 1. The Labute approximate surface area is 158 Å². The van der Waals surface area contributed by atoms with E-state index in [0.717, 1.165) is 11.3 Å². The predicted molar refractivity (Wildman–Crippen MR) is 105 cm³/mol. The fourth-order valence-electron chi connectivity index (χ4n) is 3.12. The van der Waals surface area contributed by atoms with Gasteiger partial charge >= 0.3 is 0 Å². The summed E-state index contributed by atoms with van der Waals surface area (Å²) in [5, 5.41) is 4.88. The van der Waals surface area contributed by atoms with Crippen LogP contribution < -0.4 is 5.32 Å². The number of amides is 1. The highest BCUT2D eigenvalue weighted by Gasteiger charge is 2.31. The zero-order chi connectivity index (χ0) is 18.6. The van der Waals surface area contributed by atoms with Crippen molar-refractivity contribution in [1.29, 1.82) is 0 Å². The maximum absolute atomic E-state index is 12.6. The lowest BCUT2D eigenvalue weighted by Gasteiger charge is -2.31. The van der Waals surface area contributed by atoms with E-state index < -0.39 is 10.0 Å². The highest BCUT2D eigenvalue weighted by molar-refractivity contribution is 7.89. The summed E-state index contributed by atoms with van der Waals surface area (Å²) in [6.45, 7) is 2.63. The number of aromatic nitrogens is 1. The number of carbonyl (C=O) groups excluding carboxylic acids is 1. The number of nitrogens with one attached hydrogen (secondary N) is 1. The molecule has 26 heavy (non-hydrogen) atoms. The first-order valence-electron chi connectivity index (χ1n) is 8.77. The minimum atomic E-state index is -3.26. The highest BCUT2D eigenvalue weighted by Crippen LogP contribution is 2.24. The lowest BCUT2D eigenvalue weighted by molar-refractivity contribution is -0.120. The number of piperidine rings is 1. The second-order valence-electron chi connectivity index (χ2n) is 6.45. The largest absolute Gasteiger partial charge is 0.326 e. The highest BCUT2D eigenvalue weighted by atomic mass is 32.2. The van der Waals surface area contributed by atoms with E-state index in [0.29, 0.717) is 31.5 Å². The molecule has 1 atom stereocenters. The van der Waals surface area contributed by atoms with Crippen molar-refractivity contribution in [2.45, 2.75) is 26.2 Å².